The van der Waals surface area contributed by atoms with Crippen molar-refractivity contribution in [2.75, 3.05) is 26.2 Å². The standard InChI is InChI=1S/C12H21NO/c1-3-11(4-1)9-13-7-6-12(10-13)5-2-8-14-12/h11H,1-10H2/t12-/m0/s1. The van der Waals surface area contributed by atoms with Gasteiger partial charge in [-0.2, -0.15) is 0 Å². The Labute approximate surface area is 86.6 Å². The molecule has 0 bridgehead atoms. The molecular weight excluding hydrogens is 174 g/mol. The molecule has 0 N–H and O–H groups in total. The van der Waals surface area contributed by atoms with Crippen LogP contribution in [0, 0.1) is 5.92 Å². The van der Waals surface area contributed by atoms with Gasteiger partial charge in [-0.25, -0.2) is 0 Å². The average molecular weight is 195 g/mol. The third kappa shape index (κ3) is 1.59. The van der Waals surface area contributed by atoms with Gasteiger partial charge in [-0.15, -0.1) is 0 Å². The summed E-state index contributed by atoms with van der Waals surface area (Å²) in [5, 5.41) is 0. The Bertz CT molecular complexity index is 206. The molecule has 0 aromatic rings. The van der Waals surface area contributed by atoms with Crippen molar-refractivity contribution in [1.29, 1.82) is 0 Å². The van der Waals surface area contributed by atoms with E-state index < -0.39 is 0 Å². The van der Waals surface area contributed by atoms with E-state index in [0.29, 0.717) is 5.60 Å². The minimum atomic E-state index is 0.295. The summed E-state index contributed by atoms with van der Waals surface area (Å²) >= 11 is 0. The van der Waals surface area contributed by atoms with Gasteiger partial charge in [0.1, 0.15) is 0 Å². The Morgan fingerprint density at radius 3 is 2.79 bits per heavy atom. The van der Waals surface area contributed by atoms with E-state index in [4.69, 9.17) is 4.74 Å². The summed E-state index contributed by atoms with van der Waals surface area (Å²) in [4.78, 5) is 2.65. The first-order valence-electron chi connectivity index (χ1n) is 6.23. The van der Waals surface area contributed by atoms with Crippen molar-refractivity contribution >= 4 is 0 Å². The van der Waals surface area contributed by atoms with Gasteiger partial charge in [0.05, 0.1) is 5.60 Å². The molecule has 3 aliphatic rings. The van der Waals surface area contributed by atoms with Gasteiger partial charge in [-0.05, 0) is 38.0 Å². The maximum Gasteiger partial charge on any atom is 0.0821 e. The van der Waals surface area contributed by atoms with Crippen molar-refractivity contribution in [3.05, 3.63) is 0 Å². The molecule has 0 aromatic carbocycles. The van der Waals surface area contributed by atoms with Gasteiger partial charge in [0.25, 0.3) is 0 Å². The fraction of sp³-hybridized carbons (Fsp3) is 1.00. The minimum absolute atomic E-state index is 0.295. The Morgan fingerprint density at radius 2 is 2.14 bits per heavy atom. The van der Waals surface area contributed by atoms with E-state index in [1.807, 2.05) is 0 Å². The molecule has 2 saturated heterocycles. The van der Waals surface area contributed by atoms with Crippen molar-refractivity contribution < 1.29 is 4.74 Å². The van der Waals surface area contributed by atoms with Crippen LogP contribution in [0.2, 0.25) is 0 Å². The summed E-state index contributed by atoms with van der Waals surface area (Å²) in [5.74, 6) is 1.02. The molecule has 14 heavy (non-hydrogen) atoms. The van der Waals surface area contributed by atoms with Gasteiger partial charge in [0.15, 0.2) is 0 Å². The smallest absolute Gasteiger partial charge is 0.0821 e. The Hall–Kier alpha value is -0.0800. The lowest BCUT2D eigenvalue weighted by Crippen LogP contribution is -2.36. The molecule has 0 unspecified atom stereocenters. The first kappa shape index (κ1) is 9.17. The number of likely N-dealkylation sites (tertiary alicyclic amines) is 1. The van der Waals surface area contributed by atoms with Crippen molar-refractivity contribution in [2.24, 2.45) is 5.92 Å². The van der Waals surface area contributed by atoms with E-state index in [1.54, 1.807) is 0 Å². The van der Waals surface area contributed by atoms with Crippen LogP contribution in [-0.4, -0.2) is 36.7 Å². The zero-order chi connectivity index (χ0) is 9.43. The van der Waals surface area contributed by atoms with Crippen molar-refractivity contribution in [2.45, 2.75) is 44.1 Å². The molecule has 0 aromatic heterocycles. The van der Waals surface area contributed by atoms with E-state index in [-0.39, 0.29) is 0 Å². The molecule has 0 radical (unpaired) electrons. The Morgan fingerprint density at radius 1 is 1.21 bits per heavy atom. The van der Waals surface area contributed by atoms with Crippen LogP contribution in [0.15, 0.2) is 0 Å². The van der Waals surface area contributed by atoms with E-state index in [9.17, 15) is 0 Å². The summed E-state index contributed by atoms with van der Waals surface area (Å²) in [6, 6.07) is 0. The summed E-state index contributed by atoms with van der Waals surface area (Å²) in [7, 11) is 0. The van der Waals surface area contributed by atoms with Gasteiger partial charge in [0.2, 0.25) is 0 Å². The fourth-order valence-electron chi connectivity index (χ4n) is 3.20. The molecule has 3 fully saturated rings. The van der Waals surface area contributed by atoms with Crippen LogP contribution >= 0.6 is 0 Å². The number of rotatable bonds is 2. The maximum absolute atomic E-state index is 5.92. The predicted molar refractivity (Wildman–Crippen MR) is 56.3 cm³/mol. The molecule has 1 atom stereocenters. The summed E-state index contributed by atoms with van der Waals surface area (Å²) in [6.45, 7) is 4.88. The third-order valence-corrected chi connectivity index (χ3v) is 4.32. The zero-order valence-electron chi connectivity index (χ0n) is 9.00. The van der Waals surface area contributed by atoms with Crippen LogP contribution < -0.4 is 0 Å². The van der Waals surface area contributed by atoms with Crippen LogP contribution in [0.1, 0.15) is 38.5 Å². The third-order valence-electron chi connectivity index (χ3n) is 4.32. The molecular formula is C12H21NO. The number of hydrogen-bond acceptors (Lipinski definition) is 2. The normalized spacial score (nSPS) is 39.4. The van der Waals surface area contributed by atoms with Crippen LogP contribution in [0.4, 0.5) is 0 Å². The molecule has 2 heteroatoms. The second kappa shape index (κ2) is 3.49. The summed E-state index contributed by atoms with van der Waals surface area (Å²) in [5.41, 5.74) is 0.295. The van der Waals surface area contributed by atoms with E-state index >= 15 is 0 Å². The molecule has 0 amide bonds. The van der Waals surface area contributed by atoms with Crippen molar-refractivity contribution in [1.82, 2.24) is 4.90 Å². The summed E-state index contributed by atoms with van der Waals surface area (Å²) < 4.78 is 5.92. The number of ether oxygens (including phenoxy) is 1. The van der Waals surface area contributed by atoms with E-state index in [1.165, 1.54) is 58.2 Å². The van der Waals surface area contributed by atoms with Crippen molar-refractivity contribution in [3.8, 4) is 0 Å². The highest BCUT2D eigenvalue weighted by atomic mass is 16.5. The first-order chi connectivity index (χ1) is 6.86. The lowest BCUT2D eigenvalue weighted by molar-refractivity contribution is 0.0106. The van der Waals surface area contributed by atoms with Crippen LogP contribution in [0.25, 0.3) is 0 Å². The maximum atomic E-state index is 5.92. The largest absolute Gasteiger partial charge is 0.374 e. The topological polar surface area (TPSA) is 12.5 Å². The molecule has 3 rings (SSSR count). The van der Waals surface area contributed by atoms with Crippen LogP contribution in [0.3, 0.4) is 0 Å². The summed E-state index contributed by atoms with van der Waals surface area (Å²) in [6.07, 6.45) is 8.32. The number of nitrogens with zero attached hydrogens (tertiary/aromatic N) is 1. The molecule has 2 nitrogen and oxygen atoms in total. The fourth-order valence-corrected chi connectivity index (χ4v) is 3.20. The van der Waals surface area contributed by atoms with Crippen LogP contribution in [0.5, 0.6) is 0 Å². The lowest BCUT2D eigenvalue weighted by atomic mass is 9.85. The van der Waals surface area contributed by atoms with Gasteiger partial charge in [0, 0.05) is 26.2 Å². The van der Waals surface area contributed by atoms with Gasteiger partial charge >= 0.3 is 0 Å². The van der Waals surface area contributed by atoms with Crippen molar-refractivity contribution in [3.63, 3.8) is 0 Å². The second-order valence-electron chi connectivity index (χ2n) is 5.42. The molecule has 1 saturated carbocycles. The van der Waals surface area contributed by atoms with Gasteiger partial charge in [-0.1, -0.05) is 6.42 Å². The number of hydrogen-bond donors (Lipinski definition) is 0. The molecule has 2 heterocycles. The van der Waals surface area contributed by atoms with Gasteiger partial charge in [-0.3, -0.25) is 0 Å². The predicted octanol–water partition coefficient (Wildman–Crippen LogP) is 2.04. The highest BCUT2D eigenvalue weighted by Crippen LogP contribution is 2.36. The quantitative estimate of drug-likeness (QED) is 0.668. The average Bonchev–Trinajstić information content (AvgIpc) is 2.71. The molecule has 1 aliphatic carbocycles. The monoisotopic (exact) mass is 195 g/mol. The zero-order valence-corrected chi connectivity index (χ0v) is 9.00. The first-order valence-corrected chi connectivity index (χ1v) is 6.23. The van der Waals surface area contributed by atoms with Gasteiger partial charge < -0.3 is 9.64 Å². The Balaban J connectivity index is 1.53. The second-order valence-corrected chi connectivity index (χ2v) is 5.42. The molecule has 1 spiro atoms. The molecule has 80 valence electrons. The highest BCUT2D eigenvalue weighted by Gasteiger charge is 2.42. The molecule has 2 aliphatic heterocycles. The SMILES string of the molecule is C1CC(CN2CC[C@@]3(CCCO3)C2)C1. The van der Waals surface area contributed by atoms with Crippen LogP contribution in [-0.2, 0) is 4.74 Å². The highest BCUT2D eigenvalue weighted by molar-refractivity contribution is 4.95. The van der Waals surface area contributed by atoms with E-state index in [0.717, 1.165) is 12.5 Å². The Kier molecular flexibility index (Phi) is 2.29. The van der Waals surface area contributed by atoms with E-state index in [2.05, 4.69) is 4.90 Å². The lowest BCUT2D eigenvalue weighted by Gasteiger charge is -2.31. The minimum Gasteiger partial charge on any atom is -0.374 e.